The third-order valence-electron chi connectivity index (χ3n) is 4.45. The van der Waals surface area contributed by atoms with E-state index in [1.165, 1.54) is 0 Å². The molecule has 0 spiro atoms. The second-order valence-electron chi connectivity index (χ2n) is 6.43. The minimum atomic E-state index is 0.429. The van der Waals surface area contributed by atoms with E-state index in [1.807, 2.05) is 32.0 Å². The molecule has 0 saturated carbocycles. The fourth-order valence-corrected chi connectivity index (χ4v) is 3.00. The van der Waals surface area contributed by atoms with Crippen molar-refractivity contribution in [3.05, 3.63) is 65.0 Å². The number of hydrogen-bond donors (Lipinski definition) is 1. The lowest BCUT2D eigenvalue weighted by Gasteiger charge is -2.07. The van der Waals surface area contributed by atoms with E-state index in [0.717, 1.165) is 38.5 Å². The van der Waals surface area contributed by atoms with Crippen LogP contribution in [0.2, 0.25) is 0 Å². The molecule has 0 aliphatic rings. The summed E-state index contributed by atoms with van der Waals surface area (Å²) in [5.74, 6) is 7.34. The molecule has 27 heavy (non-hydrogen) atoms. The molecule has 1 aromatic carbocycles. The maximum absolute atomic E-state index is 6.10. The number of anilines is 1. The third kappa shape index (κ3) is 3.13. The van der Waals surface area contributed by atoms with Gasteiger partial charge in [-0.25, -0.2) is 9.97 Å². The fraction of sp³-hybridized carbons (Fsp3) is 0.136. The fourth-order valence-electron chi connectivity index (χ4n) is 3.00. The van der Waals surface area contributed by atoms with Gasteiger partial charge in [0.25, 0.3) is 0 Å². The van der Waals surface area contributed by atoms with Gasteiger partial charge in [-0.2, -0.15) is 0 Å². The normalized spacial score (nSPS) is 10.6. The number of nitrogens with zero attached hydrogens (tertiary/aromatic N) is 3. The Kier molecular flexibility index (Phi) is 4.09. The maximum Gasteiger partial charge on any atom is 0.213 e. The smallest absolute Gasteiger partial charge is 0.213 e. The van der Waals surface area contributed by atoms with Crippen LogP contribution in [0.1, 0.15) is 22.3 Å². The number of hydrogen-bond acceptors (Lipinski definition) is 5. The predicted octanol–water partition coefficient (Wildman–Crippen LogP) is 3.79. The summed E-state index contributed by atoms with van der Waals surface area (Å²) in [5.41, 5.74) is 11.5. The third-order valence-corrected chi connectivity index (χ3v) is 4.45. The summed E-state index contributed by atoms with van der Waals surface area (Å²) in [6.07, 6.45) is 3.44. The van der Waals surface area contributed by atoms with E-state index in [2.05, 4.69) is 38.9 Å². The maximum atomic E-state index is 6.10. The van der Waals surface area contributed by atoms with Crippen LogP contribution in [0.4, 0.5) is 5.82 Å². The van der Waals surface area contributed by atoms with Crippen molar-refractivity contribution in [2.45, 2.75) is 13.8 Å². The topological polar surface area (TPSA) is 73.9 Å². The van der Waals surface area contributed by atoms with Gasteiger partial charge in [0.1, 0.15) is 5.52 Å². The molecule has 5 nitrogen and oxygen atoms in total. The first-order valence-corrected chi connectivity index (χ1v) is 8.53. The van der Waals surface area contributed by atoms with Gasteiger partial charge in [0.05, 0.1) is 12.6 Å². The second kappa shape index (κ2) is 6.58. The first-order chi connectivity index (χ1) is 13.0. The zero-order valence-electron chi connectivity index (χ0n) is 15.4. The number of aromatic nitrogens is 3. The minimum absolute atomic E-state index is 0.429. The first kappa shape index (κ1) is 16.8. The second-order valence-corrected chi connectivity index (χ2v) is 6.43. The average Bonchev–Trinajstić information content (AvgIpc) is 2.66. The number of ether oxygens (including phenoxy) is 1. The van der Waals surface area contributed by atoms with Gasteiger partial charge < -0.3 is 10.5 Å². The van der Waals surface area contributed by atoms with Crippen molar-refractivity contribution in [3.8, 4) is 17.7 Å². The monoisotopic (exact) mass is 354 g/mol. The largest absolute Gasteiger partial charge is 0.481 e. The van der Waals surface area contributed by atoms with Crippen molar-refractivity contribution >= 4 is 27.6 Å². The Bertz CT molecular complexity index is 1250. The molecule has 5 heteroatoms. The lowest BCUT2D eigenvalue weighted by atomic mass is 10.1. The lowest BCUT2D eigenvalue weighted by Crippen LogP contribution is -1.96. The highest BCUT2D eigenvalue weighted by Gasteiger charge is 2.08. The number of nitrogens with two attached hydrogens (primary N) is 1. The first-order valence-electron chi connectivity index (χ1n) is 8.53. The van der Waals surface area contributed by atoms with Crippen LogP contribution in [-0.2, 0) is 0 Å². The number of aryl methyl sites for hydroxylation is 2. The van der Waals surface area contributed by atoms with Crippen molar-refractivity contribution in [3.63, 3.8) is 0 Å². The molecule has 4 aromatic rings. The van der Waals surface area contributed by atoms with Gasteiger partial charge in [-0.1, -0.05) is 24.0 Å². The van der Waals surface area contributed by atoms with Gasteiger partial charge in [0, 0.05) is 40.4 Å². The van der Waals surface area contributed by atoms with E-state index in [9.17, 15) is 0 Å². The Morgan fingerprint density at radius 1 is 0.963 bits per heavy atom. The van der Waals surface area contributed by atoms with Crippen LogP contribution in [0.25, 0.3) is 21.8 Å². The van der Waals surface area contributed by atoms with Crippen molar-refractivity contribution in [2.24, 2.45) is 0 Å². The Labute approximate surface area is 157 Å². The molecule has 0 radical (unpaired) electrons. The molecule has 0 atom stereocenters. The van der Waals surface area contributed by atoms with Crippen LogP contribution in [0, 0.1) is 25.7 Å². The molecule has 132 valence electrons. The van der Waals surface area contributed by atoms with E-state index in [1.54, 1.807) is 19.5 Å². The molecular weight excluding hydrogens is 336 g/mol. The molecule has 3 aromatic heterocycles. The van der Waals surface area contributed by atoms with E-state index in [-0.39, 0.29) is 0 Å². The number of benzene rings is 1. The Morgan fingerprint density at radius 2 is 1.81 bits per heavy atom. The van der Waals surface area contributed by atoms with Gasteiger partial charge in [-0.15, -0.1) is 0 Å². The quantitative estimate of drug-likeness (QED) is 0.416. The molecule has 0 aliphatic carbocycles. The van der Waals surface area contributed by atoms with Crippen LogP contribution in [-0.4, -0.2) is 22.1 Å². The molecule has 3 heterocycles. The van der Waals surface area contributed by atoms with Crippen LogP contribution in [0.3, 0.4) is 0 Å². The molecule has 0 fully saturated rings. The Morgan fingerprint density at radius 3 is 2.59 bits per heavy atom. The average molecular weight is 354 g/mol. The van der Waals surface area contributed by atoms with Crippen LogP contribution >= 0.6 is 0 Å². The zero-order chi connectivity index (χ0) is 19.0. The zero-order valence-corrected chi connectivity index (χ0v) is 15.4. The lowest BCUT2D eigenvalue weighted by molar-refractivity contribution is 0.397. The van der Waals surface area contributed by atoms with Crippen LogP contribution < -0.4 is 10.5 Å². The molecule has 0 amide bonds. The molecular formula is C22H18N4O. The summed E-state index contributed by atoms with van der Waals surface area (Å²) in [4.78, 5) is 13.2. The molecule has 0 unspecified atom stereocenters. The Hall–Kier alpha value is -3.65. The highest BCUT2D eigenvalue weighted by atomic mass is 16.5. The molecule has 0 aliphatic heterocycles. The van der Waals surface area contributed by atoms with Crippen LogP contribution in [0.15, 0.2) is 42.7 Å². The SMILES string of the molecule is COc1cc(C)c(C#Cc2cnc3c(N)nc4cc(C)ccc4c3c2)cn1. The van der Waals surface area contributed by atoms with Gasteiger partial charge >= 0.3 is 0 Å². The van der Waals surface area contributed by atoms with E-state index < -0.39 is 0 Å². The summed E-state index contributed by atoms with van der Waals surface area (Å²) in [7, 11) is 1.60. The highest BCUT2D eigenvalue weighted by molar-refractivity contribution is 6.08. The van der Waals surface area contributed by atoms with Crippen LogP contribution in [0.5, 0.6) is 5.88 Å². The Balaban J connectivity index is 1.84. The molecule has 0 bridgehead atoms. The predicted molar refractivity (Wildman–Crippen MR) is 108 cm³/mol. The number of rotatable bonds is 1. The summed E-state index contributed by atoms with van der Waals surface area (Å²) < 4.78 is 5.13. The van der Waals surface area contributed by atoms with Crippen molar-refractivity contribution < 1.29 is 4.74 Å². The van der Waals surface area contributed by atoms with E-state index >= 15 is 0 Å². The number of fused-ring (bicyclic) bond motifs is 3. The van der Waals surface area contributed by atoms with E-state index in [4.69, 9.17) is 10.5 Å². The summed E-state index contributed by atoms with van der Waals surface area (Å²) in [6, 6.07) is 10.0. The van der Waals surface area contributed by atoms with Crippen molar-refractivity contribution in [1.82, 2.24) is 15.0 Å². The summed E-state index contributed by atoms with van der Waals surface area (Å²) >= 11 is 0. The standard InChI is InChI=1S/C22H18N4O/c1-13-4-7-17-18-10-15(11-25-21(18)22(23)26-19(17)8-13)5-6-16-12-24-20(27-3)9-14(16)2/h4,7-12H,1-3H3,(H2,23,26). The highest BCUT2D eigenvalue weighted by Crippen LogP contribution is 2.27. The number of pyridine rings is 3. The molecule has 4 rings (SSSR count). The number of methoxy groups -OCH3 is 1. The van der Waals surface area contributed by atoms with E-state index in [0.29, 0.717) is 17.2 Å². The van der Waals surface area contributed by atoms with Gasteiger partial charge in [0.2, 0.25) is 5.88 Å². The van der Waals surface area contributed by atoms with Gasteiger partial charge in [0.15, 0.2) is 5.82 Å². The summed E-state index contributed by atoms with van der Waals surface area (Å²) in [6.45, 7) is 4.02. The van der Waals surface area contributed by atoms with Gasteiger partial charge in [-0.3, -0.25) is 4.98 Å². The minimum Gasteiger partial charge on any atom is -0.481 e. The summed E-state index contributed by atoms with van der Waals surface area (Å²) in [5, 5.41) is 1.97. The molecule has 2 N–H and O–H groups in total. The van der Waals surface area contributed by atoms with Crippen molar-refractivity contribution in [1.29, 1.82) is 0 Å². The van der Waals surface area contributed by atoms with Gasteiger partial charge in [-0.05, 0) is 37.1 Å². The number of nitrogen functional groups attached to an aromatic ring is 1. The van der Waals surface area contributed by atoms with Crippen molar-refractivity contribution in [2.75, 3.05) is 12.8 Å². The molecule has 0 saturated heterocycles.